The number of hydrogen-bond acceptors (Lipinski definition) is 3. The third-order valence-electron chi connectivity index (χ3n) is 3.09. The van der Waals surface area contributed by atoms with Gasteiger partial charge in [0.2, 0.25) is 0 Å². The highest BCUT2D eigenvalue weighted by atomic mass is 32.2. The summed E-state index contributed by atoms with van der Waals surface area (Å²) in [5, 5.41) is 12.8. The van der Waals surface area contributed by atoms with Crippen molar-refractivity contribution in [1.82, 2.24) is 0 Å². The van der Waals surface area contributed by atoms with Crippen LogP contribution in [0.4, 0.5) is 0 Å². The minimum Gasteiger partial charge on any atom is -0.392 e. The largest absolute Gasteiger partial charge is 0.392 e. The Morgan fingerprint density at radius 3 is 2.88 bits per heavy atom. The molecule has 1 unspecified atom stereocenters. The van der Waals surface area contributed by atoms with Crippen LogP contribution in [0.3, 0.4) is 0 Å². The normalized spacial score (nSPS) is 19.8. The summed E-state index contributed by atoms with van der Waals surface area (Å²) in [6, 6.07) is 4.17. The predicted octanol–water partition coefficient (Wildman–Crippen LogP) is 3.72. The van der Waals surface area contributed by atoms with Crippen molar-refractivity contribution in [2.75, 3.05) is 5.75 Å². The van der Waals surface area contributed by atoms with Crippen molar-refractivity contribution in [1.29, 1.82) is 0 Å². The summed E-state index contributed by atoms with van der Waals surface area (Å²) >= 11 is 3.73. The van der Waals surface area contributed by atoms with E-state index in [-0.39, 0.29) is 6.10 Å². The van der Waals surface area contributed by atoms with Crippen LogP contribution in [-0.4, -0.2) is 22.2 Å². The lowest BCUT2D eigenvalue weighted by molar-refractivity contribution is 0.201. The summed E-state index contributed by atoms with van der Waals surface area (Å²) in [6.07, 6.45) is 7.57. The Morgan fingerprint density at radius 1 is 1.38 bits per heavy atom. The molecule has 0 aromatic carbocycles. The van der Waals surface area contributed by atoms with Gasteiger partial charge in [-0.05, 0) is 24.3 Å². The van der Waals surface area contributed by atoms with Crippen molar-refractivity contribution >= 4 is 23.1 Å². The van der Waals surface area contributed by atoms with Gasteiger partial charge < -0.3 is 5.11 Å². The minimum absolute atomic E-state index is 0.162. The molecule has 1 saturated carbocycles. The zero-order valence-electron chi connectivity index (χ0n) is 9.60. The SMILES string of the molecule is OC(CSC1CCCCC1)Cc1cccs1. The molecule has 3 heteroatoms. The van der Waals surface area contributed by atoms with E-state index in [0.717, 1.165) is 17.4 Å². The van der Waals surface area contributed by atoms with Gasteiger partial charge in [-0.3, -0.25) is 0 Å². The monoisotopic (exact) mass is 256 g/mol. The van der Waals surface area contributed by atoms with Gasteiger partial charge in [0.1, 0.15) is 0 Å². The fraction of sp³-hybridized carbons (Fsp3) is 0.692. The maximum atomic E-state index is 9.94. The molecule has 0 bridgehead atoms. The quantitative estimate of drug-likeness (QED) is 0.866. The number of thioether (sulfide) groups is 1. The summed E-state index contributed by atoms with van der Waals surface area (Å²) < 4.78 is 0. The second kappa shape index (κ2) is 6.67. The van der Waals surface area contributed by atoms with Crippen molar-refractivity contribution in [3.05, 3.63) is 22.4 Å². The number of aliphatic hydroxyl groups excluding tert-OH is 1. The van der Waals surface area contributed by atoms with Crippen molar-refractivity contribution in [2.45, 2.75) is 49.9 Å². The first-order valence-corrected chi connectivity index (χ1v) is 8.09. The fourth-order valence-electron chi connectivity index (χ4n) is 2.20. The Balaban J connectivity index is 1.65. The van der Waals surface area contributed by atoms with Gasteiger partial charge in [-0.15, -0.1) is 11.3 Å². The van der Waals surface area contributed by atoms with Crippen LogP contribution in [0.15, 0.2) is 17.5 Å². The second-order valence-corrected chi connectivity index (χ2v) is 6.90. The Labute approximate surface area is 106 Å². The molecular formula is C13H20OS2. The van der Waals surface area contributed by atoms with Crippen LogP contribution in [0.1, 0.15) is 37.0 Å². The molecule has 0 amide bonds. The number of thiophene rings is 1. The van der Waals surface area contributed by atoms with E-state index in [2.05, 4.69) is 17.5 Å². The second-order valence-electron chi connectivity index (χ2n) is 4.53. The highest BCUT2D eigenvalue weighted by molar-refractivity contribution is 7.99. The van der Waals surface area contributed by atoms with E-state index >= 15 is 0 Å². The van der Waals surface area contributed by atoms with Crippen LogP contribution in [-0.2, 0) is 6.42 Å². The molecule has 1 atom stereocenters. The molecule has 1 heterocycles. The molecule has 1 N–H and O–H groups in total. The summed E-state index contributed by atoms with van der Waals surface area (Å²) in [5.41, 5.74) is 0. The van der Waals surface area contributed by atoms with Gasteiger partial charge in [0.15, 0.2) is 0 Å². The summed E-state index contributed by atoms with van der Waals surface area (Å²) in [6.45, 7) is 0. The molecule has 1 fully saturated rings. The van der Waals surface area contributed by atoms with Crippen LogP contribution < -0.4 is 0 Å². The van der Waals surface area contributed by atoms with Crippen molar-refractivity contribution in [3.63, 3.8) is 0 Å². The maximum Gasteiger partial charge on any atom is 0.0678 e. The van der Waals surface area contributed by atoms with Crippen molar-refractivity contribution in [3.8, 4) is 0 Å². The zero-order valence-corrected chi connectivity index (χ0v) is 11.2. The smallest absolute Gasteiger partial charge is 0.0678 e. The van der Waals surface area contributed by atoms with Crippen LogP contribution in [0.5, 0.6) is 0 Å². The molecule has 0 aliphatic heterocycles. The molecule has 2 rings (SSSR count). The number of rotatable bonds is 5. The van der Waals surface area contributed by atoms with Gasteiger partial charge >= 0.3 is 0 Å². The molecule has 90 valence electrons. The first-order chi connectivity index (χ1) is 7.84. The molecule has 0 spiro atoms. The first-order valence-electron chi connectivity index (χ1n) is 6.16. The topological polar surface area (TPSA) is 20.2 Å². The lowest BCUT2D eigenvalue weighted by Gasteiger charge is -2.22. The average molecular weight is 256 g/mol. The van der Waals surface area contributed by atoms with E-state index in [1.54, 1.807) is 11.3 Å². The molecule has 0 saturated heterocycles. The lowest BCUT2D eigenvalue weighted by atomic mass is 10.0. The highest BCUT2D eigenvalue weighted by Crippen LogP contribution is 2.29. The van der Waals surface area contributed by atoms with E-state index < -0.39 is 0 Å². The van der Waals surface area contributed by atoms with E-state index in [1.165, 1.54) is 37.0 Å². The first kappa shape index (κ1) is 12.5. The minimum atomic E-state index is -0.162. The molecule has 1 aliphatic carbocycles. The standard InChI is InChI=1S/C13H20OS2/c14-11(9-13-7-4-8-15-13)10-16-12-5-2-1-3-6-12/h4,7-8,11-12,14H,1-3,5-6,9-10H2. The van der Waals surface area contributed by atoms with Gasteiger partial charge in [0.05, 0.1) is 6.10 Å². The Bertz CT molecular complexity index is 278. The highest BCUT2D eigenvalue weighted by Gasteiger charge is 2.15. The Morgan fingerprint density at radius 2 is 2.19 bits per heavy atom. The Kier molecular flexibility index (Phi) is 5.20. The average Bonchev–Trinajstić information content (AvgIpc) is 2.81. The van der Waals surface area contributed by atoms with E-state index in [4.69, 9.17) is 0 Å². The van der Waals surface area contributed by atoms with Crippen molar-refractivity contribution in [2.24, 2.45) is 0 Å². The van der Waals surface area contributed by atoms with Crippen LogP contribution in [0.2, 0.25) is 0 Å². The van der Waals surface area contributed by atoms with Gasteiger partial charge in [-0.25, -0.2) is 0 Å². The summed E-state index contributed by atoms with van der Waals surface area (Å²) in [5.74, 6) is 0.905. The summed E-state index contributed by atoms with van der Waals surface area (Å²) in [4.78, 5) is 1.30. The molecule has 0 radical (unpaired) electrons. The summed E-state index contributed by atoms with van der Waals surface area (Å²) in [7, 11) is 0. The van der Waals surface area contributed by atoms with E-state index in [9.17, 15) is 5.11 Å². The molecular weight excluding hydrogens is 236 g/mol. The van der Waals surface area contributed by atoms with Gasteiger partial charge in [-0.2, -0.15) is 11.8 Å². The maximum absolute atomic E-state index is 9.94. The molecule has 1 aliphatic rings. The molecule has 16 heavy (non-hydrogen) atoms. The third kappa shape index (κ3) is 4.11. The van der Waals surface area contributed by atoms with Gasteiger partial charge in [0, 0.05) is 22.3 Å². The van der Waals surface area contributed by atoms with Crippen LogP contribution >= 0.6 is 23.1 Å². The van der Waals surface area contributed by atoms with E-state index in [0.29, 0.717) is 0 Å². The molecule has 1 aromatic rings. The molecule has 1 nitrogen and oxygen atoms in total. The fourth-order valence-corrected chi connectivity index (χ4v) is 4.26. The number of hydrogen-bond donors (Lipinski definition) is 1. The van der Waals surface area contributed by atoms with E-state index in [1.807, 2.05) is 11.8 Å². The zero-order chi connectivity index (χ0) is 11.2. The number of aliphatic hydroxyl groups is 1. The predicted molar refractivity (Wildman–Crippen MR) is 73.4 cm³/mol. The van der Waals surface area contributed by atoms with Crippen LogP contribution in [0, 0.1) is 0 Å². The molecule has 1 aromatic heterocycles. The Hall–Kier alpha value is 0.01000. The van der Waals surface area contributed by atoms with Gasteiger partial charge in [0.25, 0.3) is 0 Å². The third-order valence-corrected chi connectivity index (χ3v) is 5.51. The van der Waals surface area contributed by atoms with Crippen molar-refractivity contribution < 1.29 is 5.11 Å². The lowest BCUT2D eigenvalue weighted by Crippen LogP contribution is -2.17. The van der Waals surface area contributed by atoms with Gasteiger partial charge in [-0.1, -0.05) is 25.3 Å². The van der Waals surface area contributed by atoms with Crippen LogP contribution in [0.25, 0.3) is 0 Å².